The van der Waals surface area contributed by atoms with E-state index in [0.29, 0.717) is 24.4 Å². The van der Waals surface area contributed by atoms with Crippen LogP contribution in [0, 0.1) is 11.3 Å². The lowest BCUT2D eigenvalue weighted by Gasteiger charge is -2.34. The summed E-state index contributed by atoms with van der Waals surface area (Å²) in [5.41, 5.74) is -0.302. The van der Waals surface area contributed by atoms with Gasteiger partial charge in [0.25, 0.3) is 0 Å². The zero-order valence-corrected chi connectivity index (χ0v) is 13.3. The first-order valence-corrected chi connectivity index (χ1v) is 7.74. The van der Waals surface area contributed by atoms with Crippen LogP contribution in [0.25, 0.3) is 0 Å². The molecule has 0 spiro atoms. The average Bonchev–Trinajstić information content (AvgIpc) is 2.48. The first kappa shape index (κ1) is 16.2. The van der Waals surface area contributed by atoms with Crippen molar-refractivity contribution in [3.63, 3.8) is 0 Å². The van der Waals surface area contributed by atoms with Crippen LogP contribution < -0.4 is 10.6 Å². The lowest BCUT2D eigenvalue weighted by atomic mass is 9.76. The first-order chi connectivity index (χ1) is 10.5. The highest BCUT2D eigenvalue weighted by atomic mass is 16.2. The second-order valence-electron chi connectivity index (χ2n) is 6.07. The molecule has 1 aliphatic rings. The van der Waals surface area contributed by atoms with Crippen molar-refractivity contribution in [1.82, 2.24) is 10.6 Å². The molecule has 0 aromatic heterocycles. The molecule has 1 aromatic carbocycles. The van der Waals surface area contributed by atoms with Gasteiger partial charge in [-0.05, 0) is 37.3 Å². The number of guanidine groups is 1. The molecule has 1 saturated heterocycles. The maximum absolute atomic E-state index is 12.5. The summed E-state index contributed by atoms with van der Waals surface area (Å²) >= 11 is 0. The van der Waals surface area contributed by atoms with Gasteiger partial charge in [0.2, 0.25) is 17.8 Å². The van der Waals surface area contributed by atoms with Crippen molar-refractivity contribution in [1.29, 1.82) is 0 Å². The summed E-state index contributed by atoms with van der Waals surface area (Å²) in [6.07, 6.45) is 1.87. The zero-order valence-electron chi connectivity index (χ0n) is 13.3. The number of nitrogens with zero attached hydrogens (tertiary/aromatic N) is 1. The third-order valence-corrected chi connectivity index (χ3v) is 4.08. The van der Waals surface area contributed by atoms with Crippen molar-refractivity contribution in [3.8, 4) is 0 Å². The van der Waals surface area contributed by atoms with Gasteiger partial charge in [0.15, 0.2) is 0 Å². The number of amides is 2. The highest BCUT2D eigenvalue weighted by Crippen LogP contribution is 2.32. The van der Waals surface area contributed by atoms with E-state index >= 15 is 0 Å². The molecule has 2 N–H and O–H groups in total. The van der Waals surface area contributed by atoms with E-state index in [0.717, 1.165) is 6.42 Å². The maximum Gasteiger partial charge on any atom is 0.242 e. The molecule has 0 aliphatic carbocycles. The summed E-state index contributed by atoms with van der Waals surface area (Å²) in [6.45, 7) is 6.05. The Balaban J connectivity index is 2.19. The second-order valence-corrected chi connectivity index (χ2v) is 6.07. The number of benzene rings is 1. The minimum absolute atomic E-state index is 0.204. The van der Waals surface area contributed by atoms with E-state index < -0.39 is 5.41 Å². The van der Waals surface area contributed by atoms with Crippen molar-refractivity contribution in [2.24, 2.45) is 16.3 Å². The number of nitrogens with one attached hydrogen (secondary N) is 2. The van der Waals surface area contributed by atoms with Crippen molar-refractivity contribution >= 4 is 23.5 Å². The number of aliphatic imine (C=N–C) groups is 1. The van der Waals surface area contributed by atoms with Gasteiger partial charge in [-0.25, -0.2) is 4.99 Å². The summed E-state index contributed by atoms with van der Waals surface area (Å²) in [5.74, 6) is 0.140. The van der Waals surface area contributed by atoms with Gasteiger partial charge in [-0.1, -0.05) is 39.0 Å². The molecule has 118 valence electrons. The molecule has 1 heterocycles. The van der Waals surface area contributed by atoms with Gasteiger partial charge < -0.3 is 0 Å². The predicted octanol–water partition coefficient (Wildman–Crippen LogP) is 2.75. The number of hydrogen-bond donors (Lipinski definition) is 2. The summed E-state index contributed by atoms with van der Waals surface area (Å²) < 4.78 is 0. The van der Waals surface area contributed by atoms with Crippen LogP contribution in [0.2, 0.25) is 0 Å². The van der Waals surface area contributed by atoms with Crippen LogP contribution in [0.1, 0.15) is 40.0 Å². The third kappa shape index (κ3) is 3.35. The Morgan fingerprint density at radius 3 is 2.18 bits per heavy atom. The van der Waals surface area contributed by atoms with Gasteiger partial charge in [-0.15, -0.1) is 0 Å². The molecule has 0 saturated carbocycles. The molecular formula is C17H23N3O2. The smallest absolute Gasteiger partial charge is 0.242 e. The van der Waals surface area contributed by atoms with Gasteiger partial charge in [0.1, 0.15) is 5.41 Å². The Labute approximate surface area is 131 Å². The fraction of sp³-hybridized carbons (Fsp3) is 0.471. The van der Waals surface area contributed by atoms with Crippen LogP contribution >= 0.6 is 0 Å². The van der Waals surface area contributed by atoms with E-state index in [-0.39, 0.29) is 17.8 Å². The molecule has 5 nitrogen and oxygen atoms in total. The van der Waals surface area contributed by atoms with Crippen LogP contribution in [0.4, 0.5) is 5.69 Å². The lowest BCUT2D eigenvalue weighted by Crippen LogP contribution is -2.62. The molecule has 0 radical (unpaired) electrons. The first-order valence-electron chi connectivity index (χ1n) is 7.74. The van der Waals surface area contributed by atoms with Gasteiger partial charge in [0, 0.05) is 0 Å². The van der Waals surface area contributed by atoms with Gasteiger partial charge in [-0.2, -0.15) is 0 Å². The summed E-state index contributed by atoms with van der Waals surface area (Å²) in [7, 11) is 0. The molecule has 1 aliphatic heterocycles. The minimum Gasteiger partial charge on any atom is -0.295 e. The minimum atomic E-state index is -0.986. The summed E-state index contributed by atoms with van der Waals surface area (Å²) in [6, 6.07) is 9.21. The van der Waals surface area contributed by atoms with E-state index in [4.69, 9.17) is 0 Å². The van der Waals surface area contributed by atoms with Crippen LogP contribution in [0.15, 0.2) is 35.3 Å². The Morgan fingerprint density at radius 1 is 1.09 bits per heavy atom. The topological polar surface area (TPSA) is 70.6 Å². The van der Waals surface area contributed by atoms with Crippen LogP contribution in [-0.4, -0.2) is 17.8 Å². The largest absolute Gasteiger partial charge is 0.295 e. The number of hydrogen-bond acceptors (Lipinski definition) is 3. The molecule has 0 bridgehead atoms. The molecule has 1 fully saturated rings. The predicted molar refractivity (Wildman–Crippen MR) is 86.6 cm³/mol. The normalized spacial score (nSPS) is 21.5. The quantitative estimate of drug-likeness (QED) is 0.821. The van der Waals surface area contributed by atoms with Crippen LogP contribution in [-0.2, 0) is 9.59 Å². The molecule has 22 heavy (non-hydrogen) atoms. The fourth-order valence-corrected chi connectivity index (χ4v) is 2.54. The molecular weight excluding hydrogens is 278 g/mol. The molecule has 0 unspecified atom stereocenters. The highest BCUT2D eigenvalue weighted by Gasteiger charge is 2.47. The fourth-order valence-electron chi connectivity index (χ4n) is 2.54. The van der Waals surface area contributed by atoms with Gasteiger partial charge in [-0.3, -0.25) is 20.2 Å². The second kappa shape index (κ2) is 6.73. The van der Waals surface area contributed by atoms with E-state index in [9.17, 15) is 9.59 Å². The Kier molecular flexibility index (Phi) is 4.96. The molecule has 1 aromatic rings. The molecule has 2 amide bonds. The summed E-state index contributed by atoms with van der Waals surface area (Å²) in [4.78, 5) is 29.3. The molecule has 2 rings (SSSR count). The number of carbonyl (C=O) groups is 2. The summed E-state index contributed by atoms with van der Waals surface area (Å²) in [5, 5.41) is 5.48. The van der Waals surface area contributed by atoms with E-state index in [1.807, 2.05) is 37.3 Å². The van der Waals surface area contributed by atoms with Gasteiger partial charge in [0.05, 0.1) is 5.69 Å². The SMILES string of the molecule is CCC1(CCC(C)C)C(=O)NC(=Nc2ccccc2)NC1=O. The van der Waals surface area contributed by atoms with Gasteiger partial charge >= 0.3 is 0 Å². The zero-order chi connectivity index (χ0) is 16.2. The van der Waals surface area contributed by atoms with E-state index in [2.05, 4.69) is 29.5 Å². The van der Waals surface area contributed by atoms with Crippen molar-refractivity contribution in [2.45, 2.75) is 40.0 Å². The number of para-hydroxylation sites is 1. The molecule has 0 atom stereocenters. The Hall–Kier alpha value is -2.17. The number of rotatable bonds is 5. The van der Waals surface area contributed by atoms with Crippen LogP contribution in [0.3, 0.4) is 0 Å². The monoisotopic (exact) mass is 301 g/mol. The Bertz CT molecular complexity index is 559. The van der Waals surface area contributed by atoms with Crippen molar-refractivity contribution in [2.75, 3.05) is 0 Å². The van der Waals surface area contributed by atoms with E-state index in [1.54, 1.807) is 0 Å². The highest BCUT2D eigenvalue weighted by molar-refractivity contribution is 6.20. The van der Waals surface area contributed by atoms with Crippen molar-refractivity contribution < 1.29 is 9.59 Å². The Morgan fingerprint density at radius 2 is 1.68 bits per heavy atom. The van der Waals surface area contributed by atoms with Crippen molar-refractivity contribution in [3.05, 3.63) is 30.3 Å². The standard InChI is InChI=1S/C17H23N3O2/c1-4-17(11-10-12(2)3)14(21)19-16(20-15(17)22)18-13-8-6-5-7-9-13/h5-9,12H,4,10-11H2,1-3H3,(H2,18,19,20,21,22). The molecule has 5 heteroatoms. The lowest BCUT2D eigenvalue weighted by molar-refractivity contribution is -0.144. The third-order valence-electron chi connectivity index (χ3n) is 4.08. The van der Waals surface area contributed by atoms with E-state index in [1.165, 1.54) is 0 Å². The maximum atomic E-state index is 12.5. The average molecular weight is 301 g/mol. The van der Waals surface area contributed by atoms with Crippen LogP contribution in [0.5, 0.6) is 0 Å². The number of carbonyl (C=O) groups excluding carboxylic acids is 2.